The smallest absolute Gasteiger partial charge is 0.855 e. The van der Waals surface area contributed by atoms with Gasteiger partial charge in [0.15, 0.2) is 0 Å². The Balaban J connectivity index is -0.0000000800. The third-order valence-electron chi connectivity index (χ3n) is 0. The molecule has 5 nitrogen and oxygen atoms in total. The second-order valence-electron chi connectivity index (χ2n) is 0.802. The molecule has 0 spiro atoms. The summed E-state index contributed by atoms with van der Waals surface area (Å²) >= 11 is 0. The van der Waals surface area contributed by atoms with Crippen molar-refractivity contribution in [3.63, 3.8) is 0 Å². The summed E-state index contributed by atoms with van der Waals surface area (Å²) in [6.07, 6.45) is 0. The van der Waals surface area contributed by atoms with E-state index in [0.717, 1.165) is 0 Å². The quantitative estimate of drug-likeness (QED) is 0.248. The van der Waals surface area contributed by atoms with Gasteiger partial charge in [-0.2, -0.15) is 0 Å². The first-order valence-electron chi connectivity index (χ1n) is 1.78. The van der Waals surface area contributed by atoms with Crippen LogP contribution in [0.25, 0.3) is 0 Å². The SMILES string of the molecule is CC[O-].O=P(O)(O)O.[Na+]. The van der Waals surface area contributed by atoms with Crippen LogP contribution in [0.1, 0.15) is 6.92 Å². The van der Waals surface area contributed by atoms with Crippen LogP contribution < -0.4 is 34.7 Å². The monoisotopic (exact) mass is 166 g/mol. The van der Waals surface area contributed by atoms with E-state index in [1.165, 1.54) is 0 Å². The van der Waals surface area contributed by atoms with Gasteiger partial charge in [0.1, 0.15) is 0 Å². The van der Waals surface area contributed by atoms with Gasteiger partial charge in [0.25, 0.3) is 0 Å². The Kier molecular flexibility index (Phi) is 16.7. The molecule has 0 unspecified atom stereocenters. The fourth-order valence-corrected chi connectivity index (χ4v) is 0. The fraction of sp³-hybridized carbons (Fsp3) is 1.00. The third kappa shape index (κ3) is 396. The molecule has 0 rings (SSSR count). The van der Waals surface area contributed by atoms with Gasteiger partial charge in [-0.25, -0.2) is 4.57 Å². The van der Waals surface area contributed by atoms with Crippen molar-refractivity contribution in [2.45, 2.75) is 6.92 Å². The van der Waals surface area contributed by atoms with Crippen molar-refractivity contribution in [3.8, 4) is 0 Å². The van der Waals surface area contributed by atoms with Crippen LogP contribution in [0, 0.1) is 0 Å². The topological polar surface area (TPSA) is 101 Å². The molecule has 0 aromatic rings. The van der Waals surface area contributed by atoms with E-state index >= 15 is 0 Å². The molecule has 0 aliphatic heterocycles. The number of rotatable bonds is 0. The van der Waals surface area contributed by atoms with Gasteiger partial charge in [-0.15, -0.1) is 6.61 Å². The van der Waals surface area contributed by atoms with Gasteiger partial charge in [0.2, 0.25) is 0 Å². The number of hydrogen-bond acceptors (Lipinski definition) is 2. The van der Waals surface area contributed by atoms with Crippen molar-refractivity contribution < 1.29 is 53.9 Å². The molecular weight excluding hydrogens is 158 g/mol. The van der Waals surface area contributed by atoms with Crippen molar-refractivity contribution in [1.82, 2.24) is 0 Å². The second kappa shape index (κ2) is 9.07. The van der Waals surface area contributed by atoms with Crippen molar-refractivity contribution in [3.05, 3.63) is 0 Å². The van der Waals surface area contributed by atoms with Crippen LogP contribution in [0.3, 0.4) is 0 Å². The minimum atomic E-state index is -4.64. The van der Waals surface area contributed by atoms with Crippen LogP contribution in [0.2, 0.25) is 0 Å². The Hall–Kier alpha value is 1.07. The molecular formula is C2H8NaO5P. The molecule has 0 aliphatic carbocycles. The van der Waals surface area contributed by atoms with Gasteiger partial charge in [-0.05, 0) is 0 Å². The molecule has 9 heavy (non-hydrogen) atoms. The maximum atomic E-state index is 8.93. The van der Waals surface area contributed by atoms with E-state index in [2.05, 4.69) is 0 Å². The van der Waals surface area contributed by atoms with Gasteiger partial charge in [0, 0.05) is 0 Å². The second-order valence-corrected chi connectivity index (χ2v) is 1.83. The molecule has 0 heterocycles. The van der Waals surface area contributed by atoms with Crippen molar-refractivity contribution in [2.24, 2.45) is 0 Å². The Labute approximate surface area is 75.2 Å². The van der Waals surface area contributed by atoms with Gasteiger partial charge in [-0.3, -0.25) is 0 Å². The van der Waals surface area contributed by atoms with Gasteiger partial charge in [0.05, 0.1) is 0 Å². The predicted octanol–water partition coefficient (Wildman–Crippen LogP) is -4.56. The zero-order valence-corrected chi connectivity index (χ0v) is 8.21. The standard InChI is InChI=1S/C2H5O.Na.H3O4P/c1-2-3;;1-5(2,3)4/h2H2,1H3;;(H3,1,2,3,4)/q-1;+1;. The number of hydrogen-bond donors (Lipinski definition) is 3. The van der Waals surface area contributed by atoms with E-state index in [4.69, 9.17) is 24.4 Å². The Morgan fingerprint density at radius 3 is 1.44 bits per heavy atom. The van der Waals surface area contributed by atoms with Crippen molar-refractivity contribution in [1.29, 1.82) is 0 Å². The molecule has 0 bridgehead atoms. The molecule has 0 aromatic carbocycles. The molecule has 52 valence electrons. The maximum Gasteiger partial charge on any atom is 1.00 e. The summed E-state index contributed by atoms with van der Waals surface area (Å²) in [5, 5.41) is 8.93. The molecule has 0 aliphatic rings. The van der Waals surface area contributed by atoms with E-state index in [1.54, 1.807) is 6.92 Å². The summed E-state index contributed by atoms with van der Waals surface area (Å²) in [7, 11) is -4.64. The van der Waals surface area contributed by atoms with Crippen molar-refractivity contribution >= 4 is 7.82 Å². The van der Waals surface area contributed by atoms with E-state index in [1.807, 2.05) is 0 Å². The Bertz CT molecular complexity index is 70.8. The normalized spacial score (nSPS) is 8.56. The Morgan fingerprint density at radius 1 is 1.44 bits per heavy atom. The minimum Gasteiger partial charge on any atom is -0.855 e. The molecule has 7 heteroatoms. The average Bonchev–Trinajstić information content (AvgIpc) is 1.27. The van der Waals surface area contributed by atoms with Crippen molar-refractivity contribution in [2.75, 3.05) is 6.61 Å². The van der Waals surface area contributed by atoms with E-state index in [9.17, 15) is 0 Å². The average molecular weight is 166 g/mol. The molecule has 0 radical (unpaired) electrons. The van der Waals surface area contributed by atoms with Crippen LogP contribution in [0.15, 0.2) is 0 Å². The molecule has 0 aromatic heterocycles. The van der Waals surface area contributed by atoms with Crippen LogP contribution >= 0.6 is 7.82 Å². The molecule has 0 saturated carbocycles. The molecule has 0 atom stereocenters. The molecule has 0 amide bonds. The van der Waals surface area contributed by atoms with E-state index < -0.39 is 7.82 Å². The summed E-state index contributed by atoms with van der Waals surface area (Å²) in [6, 6.07) is 0. The first-order valence-corrected chi connectivity index (χ1v) is 3.34. The zero-order valence-electron chi connectivity index (χ0n) is 5.31. The Morgan fingerprint density at radius 2 is 1.44 bits per heavy atom. The predicted molar refractivity (Wildman–Crippen MR) is 24.8 cm³/mol. The van der Waals surface area contributed by atoms with Gasteiger partial charge in [-0.1, -0.05) is 6.92 Å². The molecule has 0 saturated heterocycles. The summed E-state index contributed by atoms with van der Waals surface area (Å²) in [4.78, 5) is 21.6. The van der Waals surface area contributed by atoms with Gasteiger partial charge >= 0.3 is 37.4 Å². The van der Waals surface area contributed by atoms with Crippen LogP contribution in [0.5, 0.6) is 0 Å². The largest absolute Gasteiger partial charge is 1.00 e. The summed E-state index contributed by atoms with van der Waals surface area (Å²) in [5.41, 5.74) is 0. The fourth-order valence-electron chi connectivity index (χ4n) is 0. The number of phosphoric acid groups is 1. The summed E-state index contributed by atoms with van der Waals surface area (Å²) < 4.78 is 8.88. The summed E-state index contributed by atoms with van der Waals surface area (Å²) in [5.74, 6) is 0. The maximum absolute atomic E-state index is 8.93. The van der Waals surface area contributed by atoms with Crippen LogP contribution in [-0.4, -0.2) is 21.3 Å². The van der Waals surface area contributed by atoms with E-state index in [-0.39, 0.29) is 36.2 Å². The van der Waals surface area contributed by atoms with Crippen LogP contribution in [-0.2, 0) is 4.57 Å². The minimum absolute atomic E-state index is 0. The molecule has 0 fully saturated rings. The zero-order chi connectivity index (χ0) is 7.21. The van der Waals surface area contributed by atoms with Gasteiger partial charge < -0.3 is 19.8 Å². The van der Waals surface area contributed by atoms with Crippen LogP contribution in [0.4, 0.5) is 0 Å². The first-order chi connectivity index (χ1) is 3.41. The first kappa shape index (κ1) is 16.6. The summed E-state index contributed by atoms with van der Waals surface area (Å²) in [6.45, 7) is 1.57. The third-order valence-corrected chi connectivity index (χ3v) is 0. The van der Waals surface area contributed by atoms with E-state index in [0.29, 0.717) is 0 Å². The molecule has 3 N–H and O–H groups in total.